The molecule has 0 fully saturated rings. The molecule has 0 aliphatic carbocycles. The molecule has 1 heterocycles. The second-order valence-corrected chi connectivity index (χ2v) is 9.15. The molecule has 0 atom stereocenters. The van der Waals surface area contributed by atoms with Crippen LogP contribution in [-0.2, 0) is 13.1 Å². The molecule has 1 aromatic heterocycles. The van der Waals surface area contributed by atoms with Gasteiger partial charge >= 0.3 is 0 Å². The van der Waals surface area contributed by atoms with Crippen LogP contribution in [0.25, 0.3) is 0 Å². The Morgan fingerprint density at radius 3 is 1.64 bits per heavy atom. The van der Waals surface area contributed by atoms with Crippen LogP contribution in [-0.4, -0.2) is 4.57 Å². The summed E-state index contributed by atoms with van der Waals surface area (Å²) in [6.45, 7) is 11.7. The predicted octanol–water partition coefficient (Wildman–Crippen LogP) is 8.18. The van der Waals surface area contributed by atoms with Crippen LogP contribution in [0, 0.1) is 0 Å². The molecule has 0 aliphatic heterocycles. The van der Waals surface area contributed by atoms with Crippen molar-refractivity contribution >= 4 is 0 Å². The second-order valence-electron chi connectivity index (χ2n) is 9.15. The molecule has 0 aliphatic rings. The summed E-state index contributed by atoms with van der Waals surface area (Å²) >= 11 is 0. The van der Waals surface area contributed by atoms with Crippen molar-refractivity contribution in [2.24, 2.45) is 0 Å². The first-order valence-electron chi connectivity index (χ1n) is 12.8. The minimum atomic E-state index is 0.610. The number of nitrogens with zero attached hydrogens (tertiary/aromatic N) is 2. The van der Waals surface area contributed by atoms with Crippen LogP contribution in [0.15, 0.2) is 12.4 Å². The lowest BCUT2D eigenvalue weighted by atomic mass is 10.1. The quantitative estimate of drug-likeness (QED) is 0.166. The standard InChI is InChI=1S/C26H51N2/c1-5-7-9-11-12-13-14-15-16-17-18-20-22-28-24-23-27(26(28)25(3)4)21-19-10-8-6-2/h23-25H,5-22H2,1-4H3/q+1. The Morgan fingerprint density at radius 1 is 0.679 bits per heavy atom. The molecular formula is C26H51N2+. The van der Waals surface area contributed by atoms with E-state index in [4.69, 9.17) is 0 Å². The second kappa shape index (κ2) is 17.1. The van der Waals surface area contributed by atoms with Crippen LogP contribution in [0.4, 0.5) is 0 Å². The van der Waals surface area contributed by atoms with Gasteiger partial charge in [0.2, 0.25) is 0 Å². The van der Waals surface area contributed by atoms with E-state index >= 15 is 0 Å². The van der Waals surface area contributed by atoms with Gasteiger partial charge in [-0.2, -0.15) is 0 Å². The third-order valence-corrected chi connectivity index (χ3v) is 6.04. The highest BCUT2D eigenvalue weighted by atomic mass is 15.1. The molecule has 0 unspecified atom stereocenters. The van der Waals surface area contributed by atoms with Gasteiger partial charge in [0, 0.05) is 0 Å². The van der Waals surface area contributed by atoms with Crippen LogP contribution in [0.2, 0.25) is 0 Å². The molecule has 0 bridgehead atoms. The van der Waals surface area contributed by atoms with Gasteiger partial charge in [-0.25, -0.2) is 9.13 Å². The van der Waals surface area contributed by atoms with Crippen LogP contribution in [0.5, 0.6) is 0 Å². The summed E-state index contributed by atoms with van der Waals surface area (Å²) in [7, 11) is 0. The van der Waals surface area contributed by atoms with Crippen molar-refractivity contribution in [3.05, 3.63) is 18.2 Å². The smallest absolute Gasteiger partial charge is 0.234 e. The highest BCUT2D eigenvalue weighted by Gasteiger charge is 2.19. The summed E-state index contributed by atoms with van der Waals surface area (Å²) in [5, 5.41) is 0. The van der Waals surface area contributed by atoms with Crippen molar-refractivity contribution < 1.29 is 4.57 Å². The molecular weight excluding hydrogens is 340 g/mol. The first-order valence-corrected chi connectivity index (χ1v) is 12.8. The first kappa shape index (κ1) is 25.2. The molecule has 0 N–H and O–H groups in total. The van der Waals surface area contributed by atoms with E-state index in [9.17, 15) is 0 Å². The Morgan fingerprint density at radius 2 is 1.14 bits per heavy atom. The van der Waals surface area contributed by atoms with E-state index in [2.05, 4.69) is 49.2 Å². The van der Waals surface area contributed by atoms with Crippen LogP contribution in [0.3, 0.4) is 0 Å². The van der Waals surface area contributed by atoms with E-state index in [0.29, 0.717) is 5.92 Å². The van der Waals surface area contributed by atoms with E-state index < -0.39 is 0 Å². The third-order valence-electron chi connectivity index (χ3n) is 6.04. The highest BCUT2D eigenvalue weighted by molar-refractivity contribution is 4.89. The van der Waals surface area contributed by atoms with E-state index in [1.165, 1.54) is 122 Å². The minimum absolute atomic E-state index is 0.610. The number of hydrogen-bond donors (Lipinski definition) is 0. The molecule has 0 spiro atoms. The Bertz CT molecular complexity index is 461. The van der Waals surface area contributed by atoms with Crippen molar-refractivity contribution in [3.63, 3.8) is 0 Å². The summed E-state index contributed by atoms with van der Waals surface area (Å²) in [5.41, 5.74) is 0. The Labute approximate surface area is 177 Å². The van der Waals surface area contributed by atoms with E-state index in [-0.39, 0.29) is 0 Å². The lowest BCUT2D eigenvalue weighted by Gasteiger charge is -2.08. The lowest BCUT2D eigenvalue weighted by molar-refractivity contribution is -0.705. The minimum Gasteiger partial charge on any atom is -0.234 e. The van der Waals surface area contributed by atoms with Gasteiger partial charge in [-0.3, -0.25) is 0 Å². The summed E-state index contributed by atoms with van der Waals surface area (Å²) < 4.78 is 5.04. The van der Waals surface area contributed by atoms with Gasteiger partial charge in [0.25, 0.3) is 5.82 Å². The topological polar surface area (TPSA) is 8.81 Å². The normalized spacial score (nSPS) is 11.6. The van der Waals surface area contributed by atoms with Gasteiger partial charge in [-0.05, 0) is 25.7 Å². The summed E-state index contributed by atoms with van der Waals surface area (Å²) in [6.07, 6.45) is 27.1. The van der Waals surface area contributed by atoms with Crippen molar-refractivity contribution in [3.8, 4) is 0 Å². The summed E-state index contributed by atoms with van der Waals surface area (Å²) in [4.78, 5) is 0. The fourth-order valence-electron chi connectivity index (χ4n) is 4.35. The molecule has 0 amide bonds. The zero-order valence-corrected chi connectivity index (χ0v) is 19.9. The molecule has 28 heavy (non-hydrogen) atoms. The molecule has 1 rings (SSSR count). The van der Waals surface area contributed by atoms with Crippen LogP contribution >= 0.6 is 0 Å². The third kappa shape index (κ3) is 11.3. The molecule has 164 valence electrons. The fourth-order valence-corrected chi connectivity index (χ4v) is 4.35. The number of imidazole rings is 1. The molecule has 2 heteroatoms. The monoisotopic (exact) mass is 391 g/mol. The molecule has 2 nitrogen and oxygen atoms in total. The maximum atomic E-state index is 2.53. The van der Waals surface area contributed by atoms with E-state index in [1.807, 2.05) is 0 Å². The van der Waals surface area contributed by atoms with Crippen molar-refractivity contribution in [1.82, 2.24) is 4.57 Å². The Balaban J connectivity index is 2.13. The number of unbranched alkanes of at least 4 members (excludes halogenated alkanes) is 14. The summed E-state index contributed by atoms with van der Waals surface area (Å²) in [5.74, 6) is 2.14. The Hall–Kier alpha value is -0.790. The van der Waals surface area contributed by atoms with E-state index in [1.54, 1.807) is 0 Å². The number of rotatable bonds is 19. The maximum absolute atomic E-state index is 2.53. The molecule has 0 saturated carbocycles. The van der Waals surface area contributed by atoms with Gasteiger partial charge in [0.05, 0.1) is 19.0 Å². The molecule has 0 aromatic carbocycles. The Kier molecular flexibility index (Phi) is 15.4. The van der Waals surface area contributed by atoms with Gasteiger partial charge in [0.15, 0.2) is 0 Å². The zero-order valence-electron chi connectivity index (χ0n) is 19.9. The molecule has 1 aromatic rings. The average Bonchev–Trinajstić information content (AvgIpc) is 3.09. The molecule has 0 saturated heterocycles. The molecule has 0 radical (unpaired) electrons. The van der Waals surface area contributed by atoms with E-state index in [0.717, 1.165) is 0 Å². The number of aryl methyl sites for hydroxylation is 2. The predicted molar refractivity (Wildman–Crippen MR) is 124 cm³/mol. The maximum Gasteiger partial charge on any atom is 0.258 e. The summed E-state index contributed by atoms with van der Waals surface area (Å²) in [6, 6.07) is 0. The van der Waals surface area contributed by atoms with Crippen LogP contribution < -0.4 is 4.57 Å². The van der Waals surface area contributed by atoms with Crippen molar-refractivity contribution in [2.45, 2.75) is 149 Å². The lowest BCUT2D eigenvalue weighted by Crippen LogP contribution is -2.38. The van der Waals surface area contributed by atoms with Crippen LogP contribution in [0.1, 0.15) is 142 Å². The number of aromatic nitrogens is 2. The van der Waals surface area contributed by atoms with Gasteiger partial charge in [0.1, 0.15) is 12.4 Å². The van der Waals surface area contributed by atoms with Crippen molar-refractivity contribution in [2.75, 3.05) is 0 Å². The SMILES string of the molecule is CCCCCCCCCCCCCC[n+]1ccn(CCCCCC)c1C(C)C. The highest BCUT2D eigenvalue weighted by Crippen LogP contribution is 2.14. The fraction of sp³-hybridized carbons (Fsp3) is 0.885. The van der Waals surface area contributed by atoms with Gasteiger partial charge in [-0.1, -0.05) is 105 Å². The first-order chi connectivity index (χ1) is 13.7. The number of hydrogen-bond acceptors (Lipinski definition) is 0. The average molecular weight is 392 g/mol. The van der Waals surface area contributed by atoms with Gasteiger partial charge < -0.3 is 0 Å². The van der Waals surface area contributed by atoms with Crippen molar-refractivity contribution in [1.29, 1.82) is 0 Å². The zero-order chi connectivity index (χ0) is 20.5. The largest absolute Gasteiger partial charge is 0.258 e. The van der Waals surface area contributed by atoms with Gasteiger partial charge in [-0.15, -0.1) is 0 Å².